The van der Waals surface area contributed by atoms with Gasteiger partial charge in [-0.2, -0.15) is 9.78 Å². The van der Waals surface area contributed by atoms with Gasteiger partial charge in [0.25, 0.3) is 0 Å². The molecule has 2 fully saturated rings. The Morgan fingerprint density at radius 1 is 1.04 bits per heavy atom. The van der Waals surface area contributed by atoms with E-state index in [1.165, 1.54) is 29.2 Å². The fraction of sp³-hybridized carbons (Fsp3) is 0.294. The van der Waals surface area contributed by atoms with Crippen molar-refractivity contribution in [2.75, 3.05) is 32.7 Å². The van der Waals surface area contributed by atoms with Crippen LogP contribution in [-0.4, -0.2) is 96.7 Å². The number of nitrogens with one attached hydrogen (secondary N) is 2. The Morgan fingerprint density at radius 2 is 1.87 bits per heavy atom. The Bertz CT molecular complexity index is 1900. The van der Waals surface area contributed by atoms with Crippen molar-refractivity contribution in [2.45, 2.75) is 30.8 Å². The smallest absolute Gasteiger partial charge is 0.247 e. The molecule has 13 heteroatoms. The summed E-state index contributed by atoms with van der Waals surface area (Å²) in [6.07, 6.45) is 7.15. The topological polar surface area (TPSA) is 125 Å². The minimum atomic E-state index is -0.768. The fourth-order valence-electron chi connectivity index (χ4n) is 6.82. The number of tetrazole rings is 1. The Labute approximate surface area is 275 Å². The first-order valence-electron chi connectivity index (χ1n) is 15.6. The minimum absolute atomic E-state index is 0.0128. The number of carbonyl (C=O) groups is 2. The van der Waals surface area contributed by atoms with Gasteiger partial charge in [-0.15, -0.1) is 5.10 Å². The Hall–Kier alpha value is -4.78. The van der Waals surface area contributed by atoms with Gasteiger partial charge < -0.3 is 10.2 Å². The van der Waals surface area contributed by atoms with Crippen molar-refractivity contribution in [1.82, 2.24) is 45.5 Å². The third-order valence-electron chi connectivity index (χ3n) is 9.10. The van der Waals surface area contributed by atoms with Gasteiger partial charge in [-0.25, -0.2) is 4.39 Å². The van der Waals surface area contributed by atoms with Gasteiger partial charge in [-0.3, -0.25) is 19.6 Å². The van der Waals surface area contributed by atoms with Crippen molar-refractivity contribution in [2.24, 2.45) is 0 Å². The minimum Gasteiger partial charge on any atom is -0.327 e. The zero-order valence-electron chi connectivity index (χ0n) is 25.5. The molecule has 0 spiro atoms. The molecule has 3 atom stereocenters. The molecule has 0 unspecified atom stereocenters. The van der Waals surface area contributed by atoms with Crippen molar-refractivity contribution in [3.8, 4) is 5.69 Å². The van der Waals surface area contributed by atoms with E-state index in [1.807, 2.05) is 18.2 Å². The molecular formula is C34H33ClFN9O2. The predicted octanol–water partition coefficient (Wildman–Crippen LogP) is 3.81. The van der Waals surface area contributed by atoms with Gasteiger partial charge in [0.15, 0.2) is 5.78 Å². The number of amides is 1. The molecule has 2 aromatic heterocycles. The van der Waals surface area contributed by atoms with E-state index >= 15 is 0 Å². The number of likely N-dealkylation sites (tertiary alicyclic amines) is 1. The van der Waals surface area contributed by atoms with Crippen LogP contribution < -0.4 is 5.32 Å². The van der Waals surface area contributed by atoms with Crippen LogP contribution >= 0.6 is 11.6 Å². The highest BCUT2D eigenvalue weighted by Crippen LogP contribution is 2.37. The lowest BCUT2D eigenvalue weighted by Gasteiger charge is -2.48. The lowest BCUT2D eigenvalue weighted by Crippen LogP contribution is -2.61. The summed E-state index contributed by atoms with van der Waals surface area (Å²) in [5.41, 5.74) is 3.82. The number of aromatic amines is 1. The second-order valence-corrected chi connectivity index (χ2v) is 12.4. The Kier molecular flexibility index (Phi) is 8.88. The quantitative estimate of drug-likeness (QED) is 0.242. The fourth-order valence-corrected chi connectivity index (χ4v) is 7.00. The SMILES string of the molecule is O=C(Cc1ccc2[nH]ncc2c1)[C@@H]1[C@H](c2ccc(F)cc2)C[C@H](N2CCNCC2)CN1C(=O)/C=C/c1cc(Cl)ccc1-n1cnnn1. The highest BCUT2D eigenvalue weighted by atomic mass is 35.5. The highest BCUT2D eigenvalue weighted by molar-refractivity contribution is 6.30. The maximum Gasteiger partial charge on any atom is 0.247 e. The first-order valence-corrected chi connectivity index (χ1v) is 16.0. The number of nitrogens with zero attached hydrogens (tertiary/aromatic N) is 7. The maximum atomic E-state index is 14.4. The summed E-state index contributed by atoms with van der Waals surface area (Å²) in [7, 11) is 0. The Morgan fingerprint density at radius 3 is 2.66 bits per heavy atom. The molecule has 1 amide bonds. The van der Waals surface area contributed by atoms with Crippen molar-refractivity contribution >= 4 is 40.3 Å². The van der Waals surface area contributed by atoms with E-state index < -0.39 is 6.04 Å². The molecule has 3 aromatic carbocycles. The number of rotatable bonds is 8. The lowest BCUT2D eigenvalue weighted by molar-refractivity contribution is -0.140. The molecular weight excluding hydrogens is 621 g/mol. The van der Waals surface area contributed by atoms with Gasteiger partial charge in [0.1, 0.15) is 12.1 Å². The van der Waals surface area contributed by atoms with Gasteiger partial charge >= 0.3 is 0 Å². The van der Waals surface area contributed by atoms with E-state index in [0.717, 1.165) is 48.2 Å². The number of halogens is 2. The van der Waals surface area contributed by atoms with Gasteiger partial charge in [0.05, 0.1) is 23.4 Å². The molecule has 4 heterocycles. The van der Waals surface area contributed by atoms with Crippen molar-refractivity contribution < 1.29 is 14.0 Å². The molecule has 240 valence electrons. The third kappa shape index (κ3) is 6.71. The zero-order chi connectivity index (χ0) is 32.3. The average Bonchev–Trinajstić information content (AvgIpc) is 3.80. The molecule has 47 heavy (non-hydrogen) atoms. The largest absolute Gasteiger partial charge is 0.327 e. The number of Topliss-reactive ketones (excluding diaryl/α,β-unsaturated/α-hetero) is 1. The van der Waals surface area contributed by atoms with Gasteiger partial charge in [0.2, 0.25) is 5.91 Å². The molecule has 0 saturated carbocycles. The summed E-state index contributed by atoms with van der Waals surface area (Å²) in [6, 6.07) is 16.6. The Balaban J connectivity index is 1.26. The molecule has 7 rings (SSSR count). The van der Waals surface area contributed by atoms with Crippen LogP contribution in [0.3, 0.4) is 0 Å². The van der Waals surface area contributed by atoms with E-state index in [2.05, 4.69) is 35.9 Å². The van der Waals surface area contributed by atoms with Crippen LogP contribution in [0.1, 0.15) is 29.0 Å². The molecule has 2 aliphatic rings. The van der Waals surface area contributed by atoms with Crippen molar-refractivity contribution in [3.05, 3.63) is 107 Å². The van der Waals surface area contributed by atoms with E-state index in [4.69, 9.17) is 11.6 Å². The highest BCUT2D eigenvalue weighted by Gasteiger charge is 2.44. The molecule has 2 N–H and O–H groups in total. The number of H-pyrrole nitrogens is 1. The van der Waals surface area contributed by atoms with Crippen LogP contribution in [0.15, 0.2) is 79.3 Å². The second-order valence-electron chi connectivity index (χ2n) is 12.0. The van der Waals surface area contributed by atoms with Gasteiger partial charge in [-0.05, 0) is 76.5 Å². The number of benzene rings is 3. The number of ketones is 1. The number of aromatic nitrogens is 6. The number of hydrogen-bond donors (Lipinski definition) is 2. The normalized spacial score (nSPS) is 20.6. The summed E-state index contributed by atoms with van der Waals surface area (Å²) in [4.78, 5) is 32.9. The monoisotopic (exact) mass is 653 g/mol. The first-order chi connectivity index (χ1) is 22.9. The number of fused-ring (bicyclic) bond motifs is 1. The van der Waals surface area contributed by atoms with Crippen molar-refractivity contribution in [3.63, 3.8) is 0 Å². The maximum absolute atomic E-state index is 14.4. The van der Waals surface area contributed by atoms with E-state index in [9.17, 15) is 14.0 Å². The molecule has 0 radical (unpaired) electrons. The second kappa shape index (κ2) is 13.5. The predicted molar refractivity (Wildman–Crippen MR) is 175 cm³/mol. The summed E-state index contributed by atoms with van der Waals surface area (Å²) in [5.74, 6) is -1.08. The number of carbonyl (C=O) groups excluding carboxylic acids is 2. The molecule has 0 aliphatic carbocycles. The summed E-state index contributed by atoms with van der Waals surface area (Å²) < 4.78 is 15.6. The van der Waals surface area contributed by atoms with Gasteiger partial charge in [0, 0.05) is 73.2 Å². The molecule has 11 nitrogen and oxygen atoms in total. The lowest BCUT2D eigenvalue weighted by atomic mass is 9.78. The van der Waals surface area contributed by atoms with Crippen LogP contribution in [0.5, 0.6) is 0 Å². The summed E-state index contributed by atoms with van der Waals surface area (Å²) >= 11 is 6.34. The molecule has 5 aromatic rings. The van der Waals surface area contributed by atoms with Crippen LogP contribution in [0.4, 0.5) is 4.39 Å². The molecule has 2 saturated heterocycles. The summed E-state index contributed by atoms with van der Waals surface area (Å²) in [5, 5.41) is 23.3. The summed E-state index contributed by atoms with van der Waals surface area (Å²) in [6.45, 7) is 3.74. The zero-order valence-corrected chi connectivity index (χ0v) is 26.2. The standard InChI is InChI=1S/C34H33ClFN9O2/c35-26-5-9-31(45-21-39-41-42-45)24(17-26)4-10-33(47)44-20-28(43-13-11-37-12-14-43)18-29(23-2-6-27(36)7-3-23)34(44)32(46)16-22-1-8-30-25(15-22)19-38-40-30/h1-10,15,17,19,21,28-29,34,37H,11-14,16,18,20H2,(H,38,40)/b10-4+/t28-,29-,34-/m0/s1. The number of piperazine rings is 1. The van der Waals surface area contributed by atoms with E-state index in [0.29, 0.717) is 29.2 Å². The average molecular weight is 654 g/mol. The van der Waals surface area contributed by atoms with Gasteiger partial charge in [-0.1, -0.05) is 29.8 Å². The van der Waals surface area contributed by atoms with Crippen LogP contribution in [0, 0.1) is 5.82 Å². The number of piperidine rings is 1. The first kappa shape index (κ1) is 30.9. The molecule has 2 aliphatic heterocycles. The van der Waals surface area contributed by atoms with Crippen LogP contribution in [-0.2, 0) is 16.0 Å². The van der Waals surface area contributed by atoms with Crippen LogP contribution in [0.25, 0.3) is 22.7 Å². The third-order valence-corrected chi connectivity index (χ3v) is 9.34. The van der Waals surface area contributed by atoms with E-state index in [1.54, 1.807) is 47.5 Å². The molecule has 0 bridgehead atoms. The number of hydrogen-bond acceptors (Lipinski definition) is 8. The van der Waals surface area contributed by atoms with E-state index in [-0.39, 0.29) is 35.9 Å². The van der Waals surface area contributed by atoms with Crippen LogP contribution in [0.2, 0.25) is 5.02 Å². The van der Waals surface area contributed by atoms with Crippen molar-refractivity contribution in [1.29, 1.82) is 0 Å².